The lowest BCUT2D eigenvalue weighted by Gasteiger charge is -2.33. The molecule has 1 aliphatic heterocycles. The van der Waals surface area contributed by atoms with Crippen LogP contribution in [0.2, 0.25) is 0 Å². The van der Waals surface area contributed by atoms with Crippen molar-refractivity contribution in [2.75, 3.05) is 96.9 Å². The van der Waals surface area contributed by atoms with E-state index in [4.69, 9.17) is 14.2 Å². The van der Waals surface area contributed by atoms with Crippen molar-refractivity contribution in [3.05, 3.63) is 90.6 Å². The number of fused-ring (bicyclic) bond motifs is 1. The number of benzene rings is 4. The second-order valence-electron chi connectivity index (χ2n) is 16.4. The van der Waals surface area contributed by atoms with Gasteiger partial charge in [0.1, 0.15) is 30.2 Å². The topological polar surface area (TPSA) is 155 Å². The fraction of sp³-hybridized carbons (Fsp3) is 0.364. The van der Waals surface area contributed by atoms with Crippen molar-refractivity contribution in [2.45, 2.75) is 31.1 Å². The van der Waals surface area contributed by atoms with Crippen LogP contribution in [0.3, 0.4) is 0 Å². The van der Waals surface area contributed by atoms with Crippen molar-refractivity contribution in [2.24, 2.45) is 0 Å². The molecule has 0 atom stereocenters. The lowest BCUT2D eigenvalue weighted by atomic mass is 9.86. The maximum absolute atomic E-state index is 13.7. The van der Waals surface area contributed by atoms with Crippen LogP contribution in [-0.2, 0) is 20.0 Å². The zero-order chi connectivity index (χ0) is 43.4. The fourth-order valence-corrected chi connectivity index (χ4v) is 9.26. The Hall–Kier alpha value is -5.18. The highest BCUT2D eigenvalue weighted by Crippen LogP contribution is 2.44. The Morgan fingerprint density at radius 3 is 2.23 bits per heavy atom. The van der Waals surface area contributed by atoms with E-state index >= 15 is 0 Å². The molecule has 0 spiro atoms. The highest BCUT2D eigenvalue weighted by Gasteiger charge is 2.27. The monoisotopic (exact) mass is 857 g/mol. The molecule has 0 bridgehead atoms. The Morgan fingerprint density at radius 1 is 0.867 bits per heavy atom. The van der Waals surface area contributed by atoms with Crippen molar-refractivity contribution in [1.29, 1.82) is 0 Å². The molecular weight excluding hydrogens is 802 g/mol. The van der Waals surface area contributed by atoms with E-state index < -0.39 is 23.2 Å². The summed E-state index contributed by atoms with van der Waals surface area (Å²) in [6, 6.07) is 22.6. The van der Waals surface area contributed by atoms with Gasteiger partial charge < -0.3 is 39.6 Å². The summed E-state index contributed by atoms with van der Waals surface area (Å²) >= 11 is 0. The molecule has 0 aliphatic carbocycles. The number of hydrogen-bond acceptors (Lipinski definition) is 11. The van der Waals surface area contributed by atoms with Gasteiger partial charge in [0.25, 0.3) is 0 Å². The highest BCUT2D eigenvalue weighted by atomic mass is 32.2. The summed E-state index contributed by atoms with van der Waals surface area (Å²) in [5, 5.41) is 11.2. The van der Waals surface area contributed by atoms with Crippen LogP contribution in [0.15, 0.2) is 90.0 Å². The number of piperazine rings is 1. The highest BCUT2D eigenvalue weighted by molar-refractivity contribution is 7.89. The van der Waals surface area contributed by atoms with E-state index in [1.54, 1.807) is 63.0 Å². The molecule has 1 aliphatic rings. The average molecular weight is 858 g/mol. The number of urea groups is 1. The first-order chi connectivity index (χ1) is 28.3. The average Bonchev–Trinajstić information content (AvgIpc) is 3.20. The number of rotatable bonds is 14. The van der Waals surface area contributed by atoms with Gasteiger partial charge >= 0.3 is 6.03 Å². The minimum absolute atomic E-state index is 0.0986. The van der Waals surface area contributed by atoms with Gasteiger partial charge in [-0.2, -0.15) is 4.31 Å². The third-order valence-corrected chi connectivity index (χ3v) is 13.8. The van der Waals surface area contributed by atoms with Crippen LogP contribution in [-0.4, -0.2) is 114 Å². The first-order valence-corrected chi connectivity index (χ1v) is 23.7. The summed E-state index contributed by atoms with van der Waals surface area (Å²) < 4.78 is 59.7. The number of carbonyl (C=O) groups is 1. The van der Waals surface area contributed by atoms with Gasteiger partial charge in [0.05, 0.1) is 35.8 Å². The molecule has 2 amide bonds. The number of carbonyl (C=O) groups excluding carboxylic acids is 1. The molecular formula is C44H56N7O7PS. The molecule has 0 saturated carbocycles. The van der Waals surface area contributed by atoms with Crippen molar-refractivity contribution in [1.82, 2.24) is 19.1 Å². The number of hydrogen-bond donors (Lipinski definition) is 3. The molecule has 4 aromatic carbocycles. The van der Waals surface area contributed by atoms with Gasteiger partial charge in [-0.05, 0) is 67.8 Å². The van der Waals surface area contributed by atoms with E-state index in [1.807, 2.05) is 36.4 Å². The zero-order valence-corrected chi connectivity index (χ0v) is 37.5. The zero-order valence-electron chi connectivity index (χ0n) is 35.8. The largest absolute Gasteiger partial charge is 0.497 e. The molecule has 5 aromatic rings. The first kappa shape index (κ1) is 44.4. The predicted octanol–water partition coefficient (Wildman–Crippen LogP) is 7.85. The lowest BCUT2D eigenvalue weighted by Crippen LogP contribution is -2.47. The molecule has 16 heteroatoms. The van der Waals surface area contributed by atoms with E-state index in [9.17, 15) is 17.8 Å². The number of amides is 2. The van der Waals surface area contributed by atoms with Crippen molar-refractivity contribution >= 4 is 62.2 Å². The lowest BCUT2D eigenvalue weighted by molar-refractivity contribution is 0.150. The van der Waals surface area contributed by atoms with Crippen LogP contribution in [0.5, 0.6) is 23.0 Å². The Balaban J connectivity index is 1.19. The second-order valence-corrected chi connectivity index (χ2v) is 21.6. The Morgan fingerprint density at radius 2 is 1.57 bits per heavy atom. The minimum atomic E-state index is -3.83. The van der Waals surface area contributed by atoms with Crippen LogP contribution in [0, 0.1) is 0 Å². The van der Waals surface area contributed by atoms with Crippen LogP contribution in [0.1, 0.15) is 26.3 Å². The number of likely N-dealkylation sites (N-methyl/N-ethyl adjacent to an activating group) is 2. The quantitative estimate of drug-likeness (QED) is 0.0936. The normalized spacial score (nSPS) is 14.2. The number of aromatic nitrogens is 1. The molecule has 320 valence electrons. The maximum Gasteiger partial charge on any atom is 0.323 e. The van der Waals surface area contributed by atoms with Gasteiger partial charge in [0, 0.05) is 87.2 Å². The third-order valence-electron chi connectivity index (χ3n) is 10.5. The Labute approximate surface area is 353 Å². The van der Waals surface area contributed by atoms with Gasteiger partial charge in [0.2, 0.25) is 10.0 Å². The van der Waals surface area contributed by atoms with Crippen LogP contribution in [0.25, 0.3) is 10.8 Å². The fourth-order valence-electron chi connectivity index (χ4n) is 6.88. The molecule has 14 nitrogen and oxygen atoms in total. The molecule has 0 radical (unpaired) electrons. The van der Waals surface area contributed by atoms with Gasteiger partial charge in [-0.3, -0.25) is 4.90 Å². The van der Waals surface area contributed by atoms with Gasteiger partial charge in [0.15, 0.2) is 5.75 Å². The number of methoxy groups -OCH3 is 2. The smallest absolute Gasteiger partial charge is 0.323 e. The van der Waals surface area contributed by atoms with E-state index in [-0.39, 0.29) is 10.3 Å². The molecule has 1 fully saturated rings. The first-order valence-electron chi connectivity index (χ1n) is 19.7. The molecule has 0 unspecified atom stereocenters. The van der Waals surface area contributed by atoms with Gasteiger partial charge in [-0.15, -0.1) is 0 Å². The van der Waals surface area contributed by atoms with Crippen molar-refractivity contribution in [3.8, 4) is 23.0 Å². The predicted molar refractivity (Wildman–Crippen MR) is 242 cm³/mol. The van der Waals surface area contributed by atoms with Crippen molar-refractivity contribution < 1.29 is 32.0 Å². The molecule has 1 saturated heterocycles. The van der Waals surface area contributed by atoms with Gasteiger partial charge in [-0.1, -0.05) is 45.0 Å². The van der Waals surface area contributed by atoms with E-state index in [2.05, 4.69) is 58.6 Å². The Kier molecular flexibility index (Phi) is 13.5. The summed E-state index contributed by atoms with van der Waals surface area (Å²) in [4.78, 5) is 22.7. The van der Waals surface area contributed by atoms with E-state index in [1.165, 1.54) is 24.6 Å². The van der Waals surface area contributed by atoms with E-state index in [0.29, 0.717) is 64.3 Å². The van der Waals surface area contributed by atoms with Crippen molar-refractivity contribution in [3.63, 3.8) is 0 Å². The number of ether oxygens (including phenoxy) is 3. The van der Waals surface area contributed by atoms with Gasteiger partial charge in [-0.25, -0.2) is 18.2 Å². The summed E-state index contributed by atoms with van der Waals surface area (Å²) in [7, 11) is 0.0884. The third kappa shape index (κ3) is 10.6. The molecule has 3 N–H and O–H groups in total. The number of pyridine rings is 1. The molecule has 6 rings (SSSR count). The Bertz CT molecular complexity index is 2520. The number of anilines is 4. The van der Waals surface area contributed by atoms with E-state index in [0.717, 1.165) is 42.5 Å². The number of sulfonamides is 1. The number of nitrogens with one attached hydrogen (secondary N) is 3. The summed E-state index contributed by atoms with van der Waals surface area (Å²) in [5.41, 5.74) is 2.08. The minimum Gasteiger partial charge on any atom is -0.497 e. The summed E-state index contributed by atoms with van der Waals surface area (Å²) in [6.45, 7) is 14.3. The SMILES string of the molecule is COc1cc(Nc2cc(Oc3ccc(NC(=O)Nc4cc(C(C)(C)C)cc(P(C)(C)=O)c4OC)c4ccccc34)ccn2)cc(S(=O)(=O)N(C)CCN2CCN(C)CC2)c1. The molecule has 2 heterocycles. The summed E-state index contributed by atoms with van der Waals surface area (Å²) in [5.74, 6) is 2.17. The summed E-state index contributed by atoms with van der Waals surface area (Å²) in [6.07, 6.45) is 1.59. The van der Waals surface area contributed by atoms with Crippen LogP contribution >= 0.6 is 7.14 Å². The molecule has 60 heavy (non-hydrogen) atoms. The van der Waals surface area contributed by atoms with Crippen LogP contribution < -0.4 is 35.5 Å². The standard InChI is InChI=1S/C44H56N7O7PS/c1-44(2,3)30-24-38(42(57-7)40(25-30)59(8,9)53)48-43(52)47-37-14-15-39(36-13-11-10-12-35(36)37)58-32-16-17-45-41(29-32)46-31-26-33(56-6)28-34(27-31)60(54,55)50(5)20-23-51-21-18-49(4)19-22-51/h10-17,24-29H,18-23H2,1-9H3,(H,45,46)(H2,47,48,52). The van der Waals surface area contributed by atoms with Crippen LogP contribution in [0.4, 0.5) is 27.7 Å². The second kappa shape index (κ2) is 18.2. The molecule has 1 aromatic heterocycles. The number of nitrogens with zero attached hydrogens (tertiary/aromatic N) is 4. The maximum atomic E-state index is 13.7.